The first-order valence-corrected chi connectivity index (χ1v) is 10.8. The van der Waals surface area contributed by atoms with Crippen molar-refractivity contribution in [1.29, 1.82) is 0 Å². The Bertz CT molecular complexity index is 551. The molecule has 0 aromatic rings. The predicted octanol–water partition coefficient (Wildman–Crippen LogP) is 1.54. The average Bonchev–Trinajstić information content (AvgIpc) is 2.55. The summed E-state index contributed by atoms with van der Waals surface area (Å²) in [6.45, 7) is 0. The first-order valence-electron chi connectivity index (χ1n) is 9.27. The second kappa shape index (κ2) is 7.30. The van der Waals surface area contributed by atoms with Crippen LogP contribution in [0.2, 0.25) is 0 Å². The molecule has 3 N–H and O–H groups in total. The summed E-state index contributed by atoms with van der Waals surface area (Å²) >= 11 is 0. The largest absolute Gasteiger partial charge is 0.469 e. The minimum Gasteiger partial charge on any atom is -0.469 e. The van der Waals surface area contributed by atoms with E-state index in [1.165, 1.54) is 7.11 Å². The van der Waals surface area contributed by atoms with E-state index in [4.69, 9.17) is 10.5 Å². The summed E-state index contributed by atoms with van der Waals surface area (Å²) in [6.07, 6.45) is 7.91. The van der Waals surface area contributed by atoms with Crippen LogP contribution in [-0.2, 0) is 19.6 Å². The third kappa shape index (κ3) is 3.63. The average molecular weight is 359 g/mol. The van der Waals surface area contributed by atoms with Crippen LogP contribution in [0.5, 0.6) is 0 Å². The number of hydrogen-bond acceptors (Lipinski definition) is 5. The Balaban J connectivity index is 1.76. The van der Waals surface area contributed by atoms with Gasteiger partial charge in [0.1, 0.15) is 0 Å². The SMILES string of the molecule is COC(=O)C1CCCCC1S(=O)(=O)NC1C2CCCC1CC(N)C2. The summed E-state index contributed by atoms with van der Waals surface area (Å²) in [5, 5.41) is -0.657. The van der Waals surface area contributed by atoms with Gasteiger partial charge in [0.2, 0.25) is 10.0 Å². The van der Waals surface area contributed by atoms with E-state index in [0.29, 0.717) is 24.7 Å². The van der Waals surface area contributed by atoms with Crippen molar-refractivity contribution in [3.63, 3.8) is 0 Å². The number of esters is 1. The summed E-state index contributed by atoms with van der Waals surface area (Å²) in [5.74, 6) is -0.257. The van der Waals surface area contributed by atoms with Gasteiger partial charge >= 0.3 is 5.97 Å². The molecule has 24 heavy (non-hydrogen) atoms. The lowest BCUT2D eigenvalue weighted by Gasteiger charge is -2.45. The summed E-state index contributed by atoms with van der Waals surface area (Å²) in [5.41, 5.74) is 6.14. The van der Waals surface area contributed by atoms with Gasteiger partial charge in [-0.05, 0) is 50.4 Å². The summed E-state index contributed by atoms with van der Waals surface area (Å²) in [4.78, 5) is 12.0. The van der Waals surface area contributed by atoms with Gasteiger partial charge in [0, 0.05) is 12.1 Å². The fourth-order valence-corrected chi connectivity index (χ4v) is 7.24. The molecule has 0 aliphatic heterocycles. The van der Waals surface area contributed by atoms with Gasteiger partial charge < -0.3 is 10.5 Å². The molecule has 138 valence electrons. The highest BCUT2D eigenvalue weighted by molar-refractivity contribution is 7.90. The van der Waals surface area contributed by atoms with E-state index < -0.39 is 27.2 Å². The monoisotopic (exact) mass is 358 g/mol. The minimum absolute atomic E-state index is 0.0104. The Morgan fingerprint density at radius 3 is 2.29 bits per heavy atom. The van der Waals surface area contributed by atoms with E-state index in [0.717, 1.165) is 44.9 Å². The molecule has 0 saturated heterocycles. The second-order valence-corrected chi connectivity index (χ2v) is 9.75. The van der Waals surface area contributed by atoms with Crippen molar-refractivity contribution >= 4 is 16.0 Å². The molecule has 3 saturated carbocycles. The third-order valence-corrected chi connectivity index (χ3v) is 8.24. The highest BCUT2D eigenvalue weighted by Gasteiger charge is 2.45. The summed E-state index contributed by atoms with van der Waals surface area (Å²) < 4.78 is 33.9. The molecule has 3 fully saturated rings. The maximum atomic E-state index is 13.0. The van der Waals surface area contributed by atoms with Gasteiger partial charge in [0.05, 0.1) is 18.3 Å². The molecule has 7 heteroatoms. The van der Waals surface area contributed by atoms with Gasteiger partial charge in [0.15, 0.2) is 0 Å². The highest BCUT2D eigenvalue weighted by atomic mass is 32.2. The molecule has 3 aliphatic carbocycles. The molecule has 3 rings (SSSR count). The quantitative estimate of drug-likeness (QED) is 0.743. The highest BCUT2D eigenvalue weighted by Crippen LogP contribution is 2.41. The van der Waals surface area contributed by atoms with Crippen LogP contribution in [0.3, 0.4) is 0 Å². The molecule has 0 amide bonds. The van der Waals surface area contributed by atoms with Crippen LogP contribution < -0.4 is 10.5 Å². The van der Waals surface area contributed by atoms with E-state index in [-0.39, 0.29) is 12.1 Å². The Labute approximate surface area is 144 Å². The van der Waals surface area contributed by atoms with E-state index in [1.54, 1.807) is 0 Å². The molecule has 0 heterocycles. The first kappa shape index (κ1) is 18.1. The lowest BCUT2D eigenvalue weighted by atomic mass is 9.67. The molecule has 4 atom stereocenters. The molecule has 4 unspecified atom stereocenters. The zero-order valence-corrected chi connectivity index (χ0v) is 15.3. The molecule has 6 nitrogen and oxygen atoms in total. The van der Waals surface area contributed by atoms with Gasteiger partial charge in [0.25, 0.3) is 0 Å². The number of fused-ring (bicyclic) bond motifs is 2. The lowest BCUT2D eigenvalue weighted by molar-refractivity contribution is -0.146. The van der Waals surface area contributed by atoms with Crippen LogP contribution in [0.25, 0.3) is 0 Å². The predicted molar refractivity (Wildman–Crippen MR) is 91.6 cm³/mol. The Kier molecular flexibility index (Phi) is 5.52. The fraction of sp³-hybridized carbons (Fsp3) is 0.941. The number of carbonyl (C=O) groups excluding carboxylic acids is 1. The molecule has 0 spiro atoms. The van der Waals surface area contributed by atoms with Gasteiger partial charge in [-0.15, -0.1) is 0 Å². The Morgan fingerprint density at radius 1 is 1.04 bits per heavy atom. The van der Waals surface area contributed by atoms with Gasteiger partial charge in [-0.25, -0.2) is 13.1 Å². The van der Waals surface area contributed by atoms with Crippen molar-refractivity contribution in [2.75, 3.05) is 7.11 Å². The van der Waals surface area contributed by atoms with Crippen LogP contribution >= 0.6 is 0 Å². The van der Waals surface area contributed by atoms with Crippen LogP contribution in [0.15, 0.2) is 0 Å². The van der Waals surface area contributed by atoms with E-state index in [1.807, 2.05) is 0 Å². The van der Waals surface area contributed by atoms with Crippen molar-refractivity contribution < 1.29 is 17.9 Å². The van der Waals surface area contributed by atoms with E-state index in [9.17, 15) is 13.2 Å². The number of ether oxygens (including phenoxy) is 1. The smallest absolute Gasteiger partial charge is 0.310 e. The molecule has 3 aliphatic rings. The molecule has 0 aromatic carbocycles. The third-order valence-electron chi connectivity index (χ3n) is 6.28. The number of sulfonamides is 1. The molecular weight excluding hydrogens is 328 g/mol. The van der Waals surface area contributed by atoms with Crippen molar-refractivity contribution in [3.05, 3.63) is 0 Å². The van der Waals surface area contributed by atoms with Crippen molar-refractivity contribution in [1.82, 2.24) is 4.72 Å². The van der Waals surface area contributed by atoms with E-state index >= 15 is 0 Å². The number of methoxy groups -OCH3 is 1. The zero-order valence-electron chi connectivity index (χ0n) is 14.4. The fourth-order valence-electron chi connectivity index (χ4n) is 5.15. The van der Waals surface area contributed by atoms with Crippen molar-refractivity contribution in [2.45, 2.75) is 75.1 Å². The van der Waals surface area contributed by atoms with Crippen molar-refractivity contribution in [3.8, 4) is 0 Å². The molecule has 0 radical (unpaired) electrons. The van der Waals surface area contributed by atoms with Crippen LogP contribution in [0.4, 0.5) is 0 Å². The lowest BCUT2D eigenvalue weighted by Crippen LogP contribution is -2.56. The number of nitrogens with two attached hydrogens (primary N) is 1. The first-order chi connectivity index (χ1) is 11.4. The number of carbonyl (C=O) groups is 1. The van der Waals surface area contributed by atoms with Crippen molar-refractivity contribution in [2.24, 2.45) is 23.5 Å². The summed E-state index contributed by atoms with van der Waals surface area (Å²) in [7, 11) is -2.20. The molecule has 0 aromatic heterocycles. The zero-order chi connectivity index (χ0) is 17.3. The summed E-state index contributed by atoms with van der Waals surface area (Å²) in [6, 6.07) is 0.183. The van der Waals surface area contributed by atoms with Crippen LogP contribution in [0.1, 0.15) is 57.8 Å². The topological polar surface area (TPSA) is 98.5 Å². The normalized spacial score (nSPS) is 40.1. The maximum absolute atomic E-state index is 13.0. The maximum Gasteiger partial charge on any atom is 0.310 e. The number of rotatable bonds is 4. The molecular formula is C17H30N2O4S. The molecule has 2 bridgehead atoms. The Morgan fingerprint density at radius 2 is 1.67 bits per heavy atom. The standard InChI is InChI=1S/C17H30N2O4S/c1-23-17(20)14-7-2-3-8-15(14)24(21,22)19-16-11-5-4-6-12(16)10-13(18)9-11/h11-16,19H,2-10,18H2,1H3. The second-order valence-electron chi connectivity index (χ2n) is 7.82. The van der Waals surface area contributed by atoms with Gasteiger partial charge in [-0.1, -0.05) is 19.3 Å². The van der Waals surface area contributed by atoms with Gasteiger partial charge in [-0.2, -0.15) is 0 Å². The Hall–Kier alpha value is -0.660. The van der Waals surface area contributed by atoms with E-state index in [2.05, 4.69) is 4.72 Å². The number of nitrogens with one attached hydrogen (secondary N) is 1. The number of hydrogen-bond donors (Lipinski definition) is 2. The minimum atomic E-state index is -3.54. The van der Waals surface area contributed by atoms with Crippen LogP contribution in [0, 0.1) is 17.8 Å². The van der Waals surface area contributed by atoms with Gasteiger partial charge in [-0.3, -0.25) is 4.79 Å². The van der Waals surface area contributed by atoms with Crippen LogP contribution in [-0.4, -0.2) is 38.8 Å².